The van der Waals surface area contributed by atoms with Crippen molar-refractivity contribution in [1.82, 2.24) is 15.3 Å². The molecule has 5 heteroatoms. The zero-order valence-electron chi connectivity index (χ0n) is 9.69. The van der Waals surface area contributed by atoms with E-state index in [0.717, 1.165) is 16.6 Å². The number of ether oxygens (including phenoxy) is 1. The smallest absolute Gasteiger partial charge is 0.307 e. The van der Waals surface area contributed by atoms with Gasteiger partial charge in [0.2, 0.25) is 0 Å². The van der Waals surface area contributed by atoms with Crippen LogP contribution >= 0.6 is 0 Å². The van der Waals surface area contributed by atoms with Crippen LogP contribution in [0.25, 0.3) is 11.0 Å². The van der Waals surface area contributed by atoms with E-state index < -0.39 is 0 Å². The Labute approximate surface area is 99.2 Å². The molecule has 0 aliphatic heterocycles. The van der Waals surface area contributed by atoms with Crippen LogP contribution in [0.4, 0.5) is 0 Å². The molecule has 0 saturated heterocycles. The molecule has 0 unspecified atom stereocenters. The second-order valence-corrected chi connectivity index (χ2v) is 3.77. The van der Waals surface area contributed by atoms with Crippen LogP contribution in [-0.4, -0.2) is 29.5 Å². The largest absolute Gasteiger partial charge is 0.461 e. The number of hydrogen-bond acceptors (Lipinski definition) is 4. The van der Waals surface area contributed by atoms with Gasteiger partial charge in [-0.05, 0) is 24.7 Å². The van der Waals surface area contributed by atoms with Crippen molar-refractivity contribution in [3.05, 3.63) is 30.1 Å². The molecule has 0 radical (unpaired) electrons. The van der Waals surface area contributed by atoms with Crippen LogP contribution in [0.1, 0.15) is 12.0 Å². The van der Waals surface area contributed by atoms with E-state index in [1.54, 1.807) is 13.4 Å². The van der Waals surface area contributed by atoms with E-state index in [0.29, 0.717) is 19.6 Å². The van der Waals surface area contributed by atoms with Crippen LogP contribution < -0.4 is 5.32 Å². The van der Waals surface area contributed by atoms with Gasteiger partial charge in [0.1, 0.15) is 6.61 Å². The monoisotopic (exact) mass is 233 g/mol. The summed E-state index contributed by atoms with van der Waals surface area (Å²) in [4.78, 5) is 18.5. The number of hydrogen-bond donors (Lipinski definition) is 2. The predicted octanol–water partition coefficient (Wildman–Crippen LogP) is 1.22. The Morgan fingerprint density at radius 1 is 1.53 bits per heavy atom. The highest BCUT2D eigenvalue weighted by Crippen LogP contribution is 2.12. The molecule has 2 N–H and O–H groups in total. The number of esters is 1. The van der Waals surface area contributed by atoms with Crippen LogP contribution in [-0.2, 0) is 16.1 Å². The molecule has 1 aromatic carbocycles. The first-order valence-corrected chi connectivity index (χ1v) is 5.52. The van der Waals surface area contributed by atoms with E-state index >= 15 is 0 Å². The van der Waals surface area contributed by atoms with Crippen molar-refractivity contribution < 1.29 is 9.53 Å². The summed E-state index contributed by atoms with van der Waals surface area (Å²) in [5.41, 5.74) is 2.82. The lowest BCUT2D eigenvalue weighted by Crippen LogP contribution is -2.14. The molecule has 0 atom stereocenters. The Morgan fingerprint density at radius 3 is 3.24 bits per heavy atom. The maximum absolute atomic E-state index is 11.3. The number of imidazole rings is 1. The SMILES string of the molecule is CNCCC(=O)OCc1ccc2nc[nH]c2c1. The van der Waals surface area contributed by atoms with E-state index in [9.17, 15) is 4.79 Å². The Kier molecular flexibility index (Phi) is 3.72. The molecule has 90 valence electrons. The number of rotatable bonds is 5. The fourth-order valence-corrected chi connectivity index (χ4v) is 1.54. The highest BCUT2D eigenvalue weighted by molar-refractivity contribution is 5.75. The minimum Gasteiger partial charge on any atom is -0.461 e. The first-order valence-electron chi connectivity index (χ1n) is 5.52. The molecule has 0 spiro atoms. The molecule has 0 bridgehead atoms. The van der Waals surface area contributed by atoms with Crippen molar-refractivity contribution in [2.45, 2.75) is 13.0 Å². The van der Waals surface area contributed by atoms with Gasteiger partial charge >= 0.3 is 5.97 Å². The zero-order valence-corrected chi connectivity index (χ0v) is 9.69. The van der Waals surface area contributed by atoms with Gasteiger partial charge in [0.15, 0.2) is 0 Å². The van der Waals surface area contributed by atoms with Gasteiger partial charge in [-0.3, -0.25) is 4.79 Å². The number of carbonyl (C=O) groups excluding carboxylic acids is 1. The van der Waals surface area contributed by atoms with Crippen LogP contribution in [0.15, 0.2) is 24.5 Å². The Balaban J connectivity index is 1.92. The molecule has 0 fully saturated rings. The molecule has 0 saturated carbocycles. The second kappa shape index (κ2) is 5.45. The van der Waals surface area contributed by atoms with Gasteiger partial charge in [-0.15, -0.1) is 0 Å². The summed E-state index contributed by atoms with van der Waals surface area (Å²) < 4.78 is 5.14. The van der Waals surface area contributed by atoms with Crippen LogP contribution in [0.5, 0.6) is 0 Å². The number of carbonyl (C=O) groups is 1. The number of H-pyrrole nitrogens is 1. The topological polar surface area (TPSA) is 67.0 Å². The van der Waals surface area contributed by atoms with Crippen LogP contribution in [0.2, 0.25) is 0 Å². The van der Waals surface area contributed by atoms with Gasteiger partial charge in [0.25, 0.3) is 0 Å². The fourth-order valence-electron chi connectivity index (χ4n) is 1.54. The molecular weight excluding hydrogens is 218 g/mol. The summed E-state index contributed by atoms with van der Waals surface area (Å²) >= 11 is 0. The van der Waals surface area contributed by atoms with Crippen molar-refractivity contribution in [2.24, 2.45) is 0 Å². The summed E-state index contributed by atoms with van der Waals surface area (Å²) in [7, 11) is 1.81. The lowest BCUT2D eigenvalue weighted by atomic mass is 10.2. The quantitative estimate of drug-likeness (QED) is 0.762. The summed E-state index contributed by atoms with van der Waals surface area (Å²) in [6, 6.07) is 5.75. The first kappa shape index (κ1) is 11.6. The van der Waals surface area contributed by atoms with Gasteiger partial charge < -0.3 is 15.0 Å². The molecule has 2 aromatic rings. The normalized spacial score (nSPS) is 10.6. The van der Waals surface area contributed by atoms with E-state index in [2.05, 4.69) is 15.3 Å². The third-order valence-corrected chi connectivity index (χ3v) is 2.46. The number of benzene rings is 1. The Bertz CT molecular complexity index is 507. The third-order valence-electron chi connectivity index (χ3n) is 2.46. The van der Waals surface area contributed by atoms with E-state index in [1.807, 2.05) is 18.2 Å². The molecule has 1 aromatic heterocycles. The van der Waals surface area contributed by atoms with Crippen molar-refractivity contribution in [2.75, 3.05) is 13.6 Å². The van der Waals surface area contributed by atoms with E-state index in [-0.39, 0.29) is 5.97 Å². The number of nitrogens with zero attached hydrogens (tertiary/aromatic N) is 1. The molecule has 0 aliphatic rings. The highest BCUT2D eigenvalue weighted by Gasteiger charge is 2.03. The summed E-state index contributed by atoms with van der Waals surface area (Å²) in [5.74, 6) is -0.191. The average Bonchev–Trinajstić information content (AvgIpc) is 2.81. The fraction of sp³-hybridized carbons (Fsp3) is 0.333. The molecular formula is C12H15N3O2. The average molecular weight is 233 g/mol. The number of aromatic nitrogens is 2. The summed E-state index contributed by atoms with van der Waals surface area (Å²) in [6.45, 7) is 0.940. The standard InChI is InChI=1S/C12H15N3O2/c1-13-5-4-12(16)17-7-9-2-3-10-11(6-9)15-8-14-10/h2-3,6,8,13H,4-5,7H2,1H3,(H,14,15). The van der Waals surface area contributed by atoms with E-state index in [1.165, 1.54) is 0 Å². The van der Waals surface area contributed by atoms with Gasteiger partial charge in [-0.25, -0.2) is 4.98 Å². The second-order valence-electron chi connectivity index (χ2n) is 3.77. The maximum atomic E-state index is 11.3. The highest BCUT2D eigenvalue weighted by atomic mass is 16.5. The van der Waals surface area contributed by atoms with Crippen molar-refractivity contribution in [3.63, 3.8) is 0 Å². The van der Waals surface area contributed by atoms with Crippen molar-refractivity contribution in [3.8, 4) is 0 Å². The summed E-state index contributed by atoms with van der Waals surface area (Å²) in [5, 5.41) is 2.90. The predicted molar refractivity (Wildman–Crippen MR) is 64.4 cm³/mol. The molecule has 1 heterocycles. The Hall–Kier alpha value is -1.88. The first-order chi connectivity index (χ1) is 8.29. The molecule has 17 heavy (non-hydrogen) atoms. The van der Waals surface area contributed by atoms with Crippen LogP contribution in [0.3, 0.4) is 0 Å². The number of nitrogens with one attached hydrogen (secondary N) is 2. The minimum atomic E-state index is -0.191. The Morgan fingerprint density at radius 2 is 2.41 bits per heavy atom. The zero-order chi connectivity index (χ0) is 12.1. The molecule has 0 amide bonds. The van der Waals surface area contributed by atoms with Crippen molar-refractivity contribution >= 4 is 17.0 Å². The van der Waals surface area contributed by atoms with Crippen LogP contribution in [0, 0.1) is 0 Å². The lowest BCUT2D eigenvalue weighted by molar-refractivity contribution is -0.144. The molecule has 5 nitrogen and oxygen atoms in total. The lowest BCUT2D eigenvalue weighted by Gasteiger charge is -2.04. The van der Waals surface area contributed by atoms with Gasteiger partial charge in [0.05, 0.1) is 23.8 Å². The van der Waals surface area contributed by atoms with Crippen molar-refractivity contribution in [1.29, 1.82) is 0 Å². The van der Waals surface area contributed by atoms with Gasteiger partial charge in [-0.1, -0.05) is 6.07 Å². The number of fused-ring (bicyclic) bond motifs is 1. The van der Waals surface area contributed by atoms with Gasteiger partial charge in [0, 0.05) is 6.54 Å². The minimum absolute atomic E-state index is 0.191. The number of aromatic amines is 1. The molecule has 2 rings (SSSR count). The summed E-state index contributed by atoms with van der Waals surface area (Å²) in [6.07, 6.45) is 2.04. The van der Waals surface area contributed by atoms with E-state index in [4.69, 9.17) is 4.74 Å². The maximum Gasteiger partial charge on any atom is 0.307 e. The third kappa shape index (κ3) is 3.04. The van der Waals surface area contributed by atoms with Gasteiger partial charge in [-0.2, -0.15) is 0 Å². The molecule has 0 aliphatic carbocycles.